The summed E-state index contributed by atoms with van der Waals surface area (Å²) < 4.78 is 19.4. The molecule has 30 heavy (non-hydrogen) atoms. The lowest BCUT2D eigenvalue weighted by Crippen LogP contribution is -2.36. The van der Waals surface area contributed by atoms with Gasteiger partial charge in [-0.2, -0.15) is 0 Å². The summed E-state index contributed by atoms with van der Waals surface area (Å²) in [6.45, 7) is 2.44. The number of amides is 1. The molecule has 2 atom stereocenters. The van der Waals surface area contributed by atoms with Crippen LogP contribution in [0.5, 0.6) is 0 Å². The number of carbonyl (C=O) groups is 2. The minimum absolute atomic E-state index is 0.0219. The van der Waals surface area contributed by atoms with Crippen molar-refractivity contribution in [3.05, 3.63) is 75.6 Å². The Hall–Kier alpha value is -2.70. The van der Waals surface area contributed by atoms with Crippen molar-refractivity contribution in [2.24, 2.45) is 0 Å². The van der Waals surface area contributed by atoms with Gasteiger partial charge in [-0.05, 0) is 61.2 Å². The number of halogens is 2. The van der Waals surface area contributed by atoms with Gasteiger partial charge < -0.3 is 14.7 Å². The molecule has 1 N–H and O–H groups in total. The fraction of sp³-hybridized carbons (Fsp3) is 0.304. The van der Waals surface area contributed by atoms with Crippen molar-refractivity contribution >= 4 is 29.1 Å². The van der Waals surface area contributed by atoms with Gasteiger partial charge in [-0.3, -0.25) is 9.59 Å². The highest BCUT2D eigenvalue weighted by Crippen LogP contribution is 2.40. The smallest absolute Gasteiger partial charge is 0.295 e. The second-order valence-corrected chi connectivity index (χ2v) is 8.04. The van der Waals surface area contributed by atoms with Crippen LogP contribution in [0.1, 0.15) is 35.6 Å². The van der Waals surface area contributed by atoms with Crippen molar-refractivity contribution in [1.29, 1.82) is 0 Å². The Morgan fingerprint density at radius 3 is 2.60 bits per heavy atom. The quantitative estimate of drug-likeness (QED) is 0.444. The average molecular weight is 430 g/mol. The normalized spacial score (nSPS) is 23.4. The van der Waals surface area contributed by atoms with E-state index in [0.29, 0.717) is 22.8 Å². The van der Waals surface area contributed by atoms with E-state index in [1.54, 1.807) is 31.2 Å². The molecule has 156 valence electrons. The zero-order valence-corrected chi connectivity index (χ0v) is 17.2. The lowest BCUT2D eigenvalue weighted by molar-refractivity contribution is -0.140. The van der Waals surface area contributed by atoms with Crippen LogP contribution in [-0.4, -0.2) is 41.0 Å². The van der Waals surface area contributed by atoms with Gasteiger partial charge in [0.2, 0.25) is 0 Å². The number of Topliss-reactive ketones (excluding diaryl/α,β-unsaturated/α-hetero) is 1. The largest absolute Gasteiger partial charge is 0.507 e. The third-order valence-corrected chi connectivity index (χ3v) is 5.83. The fourth-order valence-electron chi connectivity index (χ4n) is 4.02. The molecule has 0 aromatic heterocycles. The molecule has 2 aliphatic heterocycles. The summed E-state index contributed by atoms with van der Waals surface area (Å²) in [6.07, 6.45) is 1.54. The van der Waals surface area contributed by atoms with Crippen LogP contribution >= 0.6 is 11.6 Å². The minimum atomic E-state index is -0.781. The van der Waals surface area contributed by atoms with Crippen molar-refractivity contribution in [2.75, 3.05) is 13.2 Å². The van der Waals surface area contributed by atoms with E-state index in [1.165, 1.54) is 23.1 Å². The lowest BCUT2D eigenvalue weighted by atomic mass is 9.94. The van der Waals surface area contributed by atoms with E-state index in [0.717, 1.165) is 12.8 Å². The van der Waals surface area contributed by atoms with Crippen LogP contribution in [0.2, 0.25) is 5.02 Å². The first-order chi connectivity index (χ1) is 14.4. The number of aliphatic hydroxyl groups is 1. The first-order valence-corrected chi connectivity index (χ1v) is 10.2. The van der Waals surface area contributed by atoms with Gasteiger partial charge in [0.15, 0.2) is 0 Å². The topological polar surface area (TPSA) is 66.8 Å². The van der Waals surface area contributed by atoms with Crippen LogP contribution in [0.15, 0.2) is 48.0 Å². The molecule has 5 nitrogen and oxygen atoms in total. The molecule has 2 saturated heterocycles. The summed E-state index contributed by atoms with van der Waals surface area (Å²) in [7, 11) is 0. The highest BCUT2D eigenvalue weighted by molar-refractivity contribution is 6.46. The van der Waals surface area contributed by atoms with Gasteiger partial charge in [-0.15, -0.1) is 0 Å². The molecular weight excluding hydrogens is 409 g/mol. The van der Waals surface area contributed by atoms with E-state index in [1.807, 2.05) is 0 Å². The second-order valence-electron chi connectivity index (χ2n) is 7.60. The van der Waals surface area contributed by atoms with Crippen molar-refractivity contribution in [3.8, 4) is 0 Å². The van der Waals surface area contributed by atoms with Gasteiger partial charge in [-0.1, -0.05) is 23.7 Å². The molecule has 4 rings (SSSR count). The molecule has 7 heteroatoms. The standard InChI is InChI=1S/C23H21ClFNO4/c1-13-11-15(6-9-18(13)25)21(27)19-20(14-4-7-16(24)8-5-14)26(23(29)22(19)28)12-17-3-2-10-30-17/h4-9,11,17,20,27H,2-3,10,12H2,1H3/b21-19-. The molecule has 2 aromatic carbocycles. The van der Waals surface area contributed by atoms with Gasteiger partial charge in [0.1, 0.15) is 11.6 Å². The molecule has 2 fully saturated rings. The van der Waals surface area contributed by atoms with Gasteiger partial charge in [0.05, 0.1) is 17.7 Å². The van der Waals surface area contributed by atoms with Gasteiger partial charge in [-0.25, -0.2) is 4.39 Å². The van der Waals surface area contributed by atoms with Crippen LogP contribution in [0, 0.1) is 12.7 Å². The zero-order valence-electron chi connectivity index (χ0n) is 16.4. The summed E-state index contributed by atoms with van der Waals surface area (Å²) in [5, 5.41) is 11.5. The van der Waals surface area contributed by atoms with Crippen LogP contribution < -0.4 is 0 Å². The molecule has 0 aliphatic carbocycles. The van der Waals surface area contributed by atoms with Crippen molar-refractivity contribution in [3.63, 3.8) is 0 Å². The monoisotopic (exact) mass is 429 g/mol. The number of carbonyl (C=O) groups excluding carboxylic acids is 2. The Morgan fingerprint density at radius 1 is 1.23 bits per heavy atom. The number of hydrogen-bond acceptors (Lipinski definition) is 4. The number of ketones is 1. The van der Waals surface area contributed by atoms with Crippen LogP contribution in [-0.2, 0) is 14.3 Å². The summed E-state index contributed by atoms with van der Waals surface area (Å²) in [5.74, 6) is -2.20. The zero-order chi connectivity index (χ0) is 21.4. The maximum Gasteiger partial charge on any atom is 0.295 e. The average Bonchev–Trinajstić information content (AvgIpc) is 3.33. The molecule has 2 unspecified atom stereocenters. The Labute approximate surface area is 178 Å². The number of likely N-dealkylation sites (tertiary alicyclic amines) is 1. The Morgan fingerprint density at radius 2 is 1.97 bits per heavy atom. The maximum absolute atomic E-state index is 13.7. The van der Waals surface area contributed by atoms with E-state index in [4.69, 9.17) is 16.3 Å². The van der Waals surface area contributed by atoms with E-state index in [2.05, 4.69) is 0 Å². The predicted molar refractivity (Wildman–Crippen MR) is 111 cm³/mol. The first kappa shape index (κ1) is 20.6. The molecular formula is C23H21ClFNO4. The molecule has 2 aromatic rings. The predicted octanol–water partition coefficient (Wildman–Crippen LogP) is 4.39. The number of benzene rings is 2. The summed E-state index contributed by atoms with van der Waals surface area (Å²) in [6, 6.07) is 10.1. The SMILES string of the molecule is Cc1cc(/C(O)=C2/C(=O)C(=O)N(CC3CCCO3)C2c2ccc(Cl)cc2)ccc1F. The van der Waals surface area contributed by atoms with E-state index in [9.17, 15) is 19.1 Å². The third-order valence-electron chi connectivity index (χ3n) is 5.58. The molecule has 0 saturated carbocycles. The van der Waals surface area contributed by atoms with Gasteiger partial charge >= 0.3 is 0 Å². The van der Waals surface area contributed by atoms with Crippen molar-refractivity contribution < 1.29 is 23.8 Å². The number of ether oxygens (including phenoxy) is 1. The Kier molecular flexibility index (Phi) is 5.62. The molecule has 1 amide bonds. The fourth-order valence-corrected chi connectivity index (χ4v) is 4.14. The maximum atomic E-state index is 13.7. The summed E-state index contributed by atoms with van der Waals surface area (Å²) >= 11 is 6.01. The van der Waals surface area contributed by atoms with Crippen molar-refractivity contribution in [1.82, 2.24) is 4.90 Å². The Balaban J connectivity index is 1.83. The Bertz CT molecular complexity index is 1030. The molecule has 2 aliphatic rings. The van der Waals surface area contributed by atoms with E-state index in [-0.39, 0.29) is 29.5 Å². The number of hydrogen-bond donors (Lipinski definition) is 1. The highest BCUT2D eigenvalue weighted by atomic mass is 35.5. The number of aryl methyl sites for hydroxylation is 1. The second kappa shape index (κ2) is 8.20. The number of rotatable bonds is 4. The van der Waals surface area contributed by atoms with Crippen LogP contribution in [0.4, 0.5) is 4.39 Å². The summed E-state index contributed by atoms with van der Waals surface area (Å²) in [4.78, 5) is 27.3. The summed E-state index contributed by atoms with van der Waals surface area (Å²) in [5.41, 5.74) is 1.24. The van der Waals surface area contributed by atoms with E-state index < -0.39 is 23.5 Å². The third kappa shape index (κ3) is 3.73. The molecule has 2 heterocycles. The lowest BCUT2D eigenvalue weighted by Gasteiger charge is -2.27. The van der Waals surface area contributed by atoms with Crippen LogP contribution in [0.25, 0.3) is 5.76 Å². The first-order valence-electron chi connectivity index (χ1n) is 9.79. The van der Waals surface area contributed by atoms with Gasteiger partial charge in [0.25, 0.3) is 11.7 Å². The molecule has 0 radical (unpaired) electrons. The number of nitrogens with zero attached hydrogens (tertiary/aromatic N) is 1. The van der Waals surface area contributed by atoms with E-state index >= 15 is 0 Å². The number of aliphatic hydroxyl groups excluding tert-OH is 1. The molecule has 0 spiro atoms. The molecule has 0 bridgehead atoms. The van der Waals surface area contributed by atoms with Crippen LogP contribution in [0.3, 0.4) is 0 Å². The van der Waals surface area contributed by atoms with Gasteiger partial charge in [0, 0.05) is 23.7 Å². The highest BCUT2D eigenvalue weighted by Gasteiger charge is 2.47. The minimum Gasteiger partial charge on any atom is -0.507 e. The van der Waals surface area contributed by atoms with Crippen molar-refractivity contribution in [2.45, 2.75) is 31.9 Å².